The van der Waals surface area contributed by atoms with E-state index in [-0.39, 0.29) is 5.16 Å². The minimum Gasteiger partial charge on any atom is -0.382 e. The number of hydrogen-bond acceptors (Lipinski definition) is 6. The van der Waals surface area contributed by atoms with Crippen LogP contribution in [-0.4, -0.2) is 26.6 Å². The summed E-state index contributed by atoms with van der Waals surface area (Å²) in [6.45, 7) is 3.07. The van der Waals surface area contributed by atoms with E-state index >= 15 is 0 Å². The molecule has 0 saturated carbocycles. The van der Waals surface area contributed by atoms with Crippen molar-refractivity contribution >= 4 is 39.7 Å². The molecule has 1 atom stereocenters. The molecule has 116 valence electrons. The molecule has 1 aliphatic rings. The number of benzene rings is 1. The highest BCUT2D eigenvalue weighted by atomic mass is 35.5. The first-order valence-corrected chi connectivity index (χ1v) is 8.57. The van der Waals surface area contributed by atoms with E-state index in [4.69, 9.17) is 17.3 Å². The molecule has 2 aromatic rings. The number of nitrogens with one attached hydrogen (secondary N) is 1. The largest absolute Gasteiger partial charge is 0.382 e. The number of anilines is 3. The van der Waals surface area contributed by atoms with Crippen LogP contribution in [0.4, 0.5) is 17.3 Å². The van der Waals surface area contributed by atoms with Gasteiger partial charge < -0.3 is 16.0 Å². The Kier molecular flexibility index (Phi) is 4.17. The SMILES string of the molecule is CCS(=O)c1nc(N)c2c(n1)N(Cc1ccc(Cl)cc1)CN2. The fraction of sp³-hybridized carbons (Fsp3) is 0.286. The van der Waals surface area contributed by atoms with Gasteiger partial charge in [-0.05, 0) is 17.7 Å². The van der Waals surface area contributed by atoms with Crippen LogP contribution >= 0.6 is 11.6 Å². The average Bonchev–Trinajstić information content (AvgIpc) is 2.92. The third-order valence-corrected chi connectivity index (χ3v) is 4.76. The molecule has 0 radical (unpaired) electrons. The zero-order valence-corrected chi connectivity index (χ0v) is 13.6. The first kappa shape index (κ1) is 15.1. The van der Waals surface area contributed by atoms with E-state index in [0.717, 1.165) is 5.56 Å². The van der Waals surface area contributed by atoms with Crippen molar-refractivity contribution in [2.24, 2.45) is 0 Å². The molecule has 0 saturated heterocycles. The molecule has 2 heterocycles. The van der Waals surface area contributed by atoms with E-state index in [1.807, 2.05) is 36.1 Å². The van der Waals surface area contributed by atoms with E-state index in [0.29, 0.717) is 41.3 Å². The minimum absolute atomic E-state index is 0.281. The van der Waals surface area contributed by atoms with E-state index in [9.17, 15) is 4.21 Å². The standard InChI is InChI=1S/C14H16ClN5OS/c1-2-22(21)14-18-12(16)11-13(19-14)20(8-17-11)7-9-3-5-10(15)6-4-9/h3-6,17H,2,7-8H2,1H3,(H2,16,18,19). The molecule has 1 aliphatic heterocycles. The Balaban J connectivity index is 1.91. The van der Waals surface area contributed by atoms with E-state index in [1.54, 1.807) is 0 Å². The number of hydrogen-bond donors (Lipinski definition) is 2. The Morgan fingerprint density at radius 3 is 2.77 bits per heavy atom. The highest BCUT2D eigenvalue weighted by molar-refractivity contribution is 7.84. The van der Waals surface area contributed by atoms with Crippen LogP contribution < -0.4 is 16.0 Å². The predicted octanol–water partition coefficient (Wildman–Crippen LogP) is 2.23. The van der Waals surface area contributed by atoms with Gasteiger partial charge in [0.1, 0.15) is 5.69 Å². The van der Waals surface area contributed by atoms with E-state index in [2.05, 4.69) is 15.3 Å². The molecular weight excluding hydrogens is 322 g/mol. The van der Waals surface area contributed by atoms with Gasteiger partial charge in [-0.15, -0.1) is 0 Å². The lowest BCUT2D eigenvalue weighted by Gasteiger charge is -2.17. The first-order chi connectivity index (χ1) is 10.6. The van der Waals surface area contributed by atoms with E-state index in [1.165, 1.54) is 0 Å². The molecule has 22 heavy (non-hydrogen) atoms. The summed E-state index contributed by atoms with van der Waals surface area (Å²) in [6.07, 6.45) is 0. The fourth-order valence-electron chi connectivity index (χ4n) is 2.26. The molecule has 0 fully saturated rings. The van der Waals surface area contributed by atoms with Gasteiger partial charge in [-0.1, -0.05) is 30.7 Å². The summed E-state index contributed by atoms with van der Waals surface area (Å²) in [7, 11) is -1.23. The molecule has 0 bridgehead atoms. The highest BCUT2D eigenvalue weighted by Gasteiger charge is 2.25. The summed E-state index contributed by atoms with van der Waals surface area (Å²) in [5.41, 5.74) is 7.75. The van der Waals surface area contributed by atoms with E-state index < -0.39 is 10.8 Å². The van der Waals surface area contributed by atoms with Gasteiger partial charge in [-0.2, -0.15) is 0 Å². The van der Waals surface area contributed by atoms with Crippen molar-refractivity contribution < 1.29 is 4.21 Å². The first-order valence-electron chi connectivity index (χ1n) is 6.87. The van der Waals surface area contributed by atoms with Crippen molar-refractivity contribution in [3.8, 4) is 0 Å². The normalized spacial score (nSPS) is 14.5. The third-order valence-electron chi connectivity index (χ3n) is 3.40. The molecule has 1 aromatic carbocycles. The molecule has 0 spiro atoms. The lowest BCUT2D eigenvalue weighted by atomic mass is 10.2. The number of rotatable bonds is 4. The smallest absolute Gasteiger partial charge is 0.222 e. The van der Waals surface area contributed by atoms with Crippen LogP contribution in [0.15, 0.2) is 29.4 Å². The van der Waals surface area contributed by atoms with Crippen molar-refractivity contribution in [1.82, 2.24) is 9.97 Å². The predicted molar refractivity (Wildman–Crippen MR) is 89.5 cm³/mol. The van der Waals surface area contributed by atoms with Gasteiger partial charge in [0.05, 0.1) is 17.5 Å². The summed E-state index contributed by atoms with van der Waals surface area (Å²) < 4.78 is 11.9. The topological polar surface area (TPSA) is 84.1 Å². The third kappa shape index (κ3) is 2.86. The number of fused-ring (bicyclic) bond motifs is 1. The molecular formula is C14H16ClN5OS. The Labute approximate surface area is 136 Å². The molecule has 8 heteroatoms. The zero-order chi connectivity index (χ0) is 15.7. The zero-order valence-electron chi connectivity index (χ0n) is 12.0. The molecule has 0 amide bonds. The maximum Gasteiger partial charge on any atom is 0.222 e. The average molecular weight is 338 g/mol. The van der Waals surface area contributed by atoms with Crippen molar-refractivity contribution in [3.63, 3.8) is 0 Å². The van der Waals surface area contributed by atoms with Crippen LogP contribution in [-0.2, 0) is 17.3 Å². The lowest BCUT2D eigenvalue weighted by molar-refractivity contribution is 0.676. The fourth-order valence-corrected chi connectivity index (χ4v) is 3.04. The number of halogens is 1. The van der Waals surface area contributed by atoms with Crippen LogP contribution in [0.1, 0.15) is 12.5 Å². The van der Waals surface area contributed by atoms with Crippen molar-refractivity contribution in [2.45, 2.75) is 18.6 Å². The second kappa shape index (κ2) is 6.10. The van der Waals surface area contributed by atoms with Crippen LogP contribution in [0.5, 0.6) is 0 Å². The summed E-state index contributed by atoms with van der Waals surface area (Å²) in [4.78, 5) is 10.6. The maximum atomic E-state index is 11.9. The Hall–Kier alpha value is -1.86. The number of nitrogen functional groups attached to an aromatic ring is 1. The van der Waals surface area contributed by atoms with Gasteiger partial charge in [0, 0.05) is 17.3 Å². The van der Waals surface area contributed by atoms with Crippen molar-refractivity contribution in [3.05, 3.63) is 34.9 Å². The van der Waals surface area contributed by atoms with Crippen molar-refractivity contribution in [2.75, 3.05) is 28.4 Å². The quantitative estimate of drug-likeness (QED) is 0.832. The molecule has 6 nitrogen and oxygen atoms in total. The van der Waals surface area contributed by atoms with Crippen LogP contribution in [0, 0.1) is 0 Å². The highest BCUT2D eigenvalue weighted by Crippen LogP contribution is 2.34. The Morgan fingerprint density at radius 1 is 1.36 bits per heavy atom. The molecule has 0 aliphatic carbocycles. The van der Waals surface area contributed by atoms with Crippen LogP contribution in [0.2, 0.25) is 5.02 Å². The Morgan fingerprint density at radius 2 is 2.09 bits per heavy atom. The maximum absolute atomic E-state index is 11.9. The minimum atomic E-state index is -1.23. The summed E-state index contributed by atoms with van der Waals surface area (Å²) >= 11 is 5.90. The van der Waals surface area contributed by atoms with Gasteiger partial charge in [-0.25, -0.2) is 9.97 Å². The monoisotopic (exact) mass is 337 g/mol. The van der Waals surface area contributed by atoms with Crippen molar-refractivity contribution in [1.29, 1.82) is 0 Å². The van der Waals surface area contributed by atoms with Gasteiger partial charge in [0.2, 0.25) is 5.16 Å². The van der Waals surface area contributed by atoms with Crippen LogP contribution in [0.25, 0.3) is 0 Å². The second-order valence-electron chi connectivity index (χ2n) is 4.88. The molecule has 1 unspecified atom stereocenters. The second-order valence-corrected chi connectivity index (χ2v) is 6.95. The lowest BCUT2D eigenvalue weighted by Crippen LogP contribution is -2.23. The van der Waals surface area contributed by atoms with Gasteiger partial charge in [0.15, 0.2) is 11.6 Å². The molecule has 3 rings (SSSR count). The molecule has 1 aromatic heterocycles. The van der Waals surface area contributed by atoms with Gasteiger partial charge >= 0.3 is 0 Å². The van der Waals surface area contributed by atoms with Crippen LogP contribution in [0.3, 0.4) is 0 Å². The number of nitrogens with zero attached hydrogens (tertiary/aromatic N) is 3. The number of nitrogens with two attached hydrogens (primary N) is 1. The summed E-state index contributed by atoms with van der Waals surface area (Å²) in [6, 6.07) is 7.65. The summed E-state index contributed by atoms with van der Waals surface area (Å²) in [5, 5.41) is 4.17. The van der Waals surface area contributed by atoms with Gasteiger partial charge in [-0.3, -0.25) is 4.21 Å². The Bertz CT molecular complexity index is 722. The molecule has 3 N–H and O–H groups in total. The number of aromatic nitrogens is 2. The van der Waals surface area contributed by atoms with Gasteiger partial charge in [0.25, 0.3) is 0 Å². The summed E-state index contributed by atoms with van der Waals surface area (Å²) in [5.74, 6) is 1.49.